The van der Waals surface area contributed by atoms with E-state index in [9.17, 15) is 14.4 Å². The predicted molar refractivity (Wildman–Crippen MR) is 117 cm³/mol. The third kappa shape index (κ3) is 4.46. The van der Waals surface area contributed by atoms with Crippen LogP contribution in [0.1, 0.15) is 76.9 Å². The quantitative estimate of drug-likeness (QED) is 0.751. The van der Waals surface area contributed by atoms with E-state index >= 15 is 0 Å². The molecule has 1 aromatic rings. The summed E-state index contributed by atoms with van der Waals surface area (Å²) >= 11 is 0. The van der Waals surface area contributed by atoms with Gasteiger partial charge in [0.05, 0.1) is 6.04 Å². The average Bonchev–Trinajstić information content (AvgIpc) is 2.90. The summed E-state index contributed by atoms with van der Waals surface area (Å²) in [5.41, 5.74) is -0.343. The molecule has 1 aromatic heterocycles. The number of aromatic nitrogens is 1. The van der Waals surface area contributed by atoms with Crippen molar-refractivity contribution >= 4 is 17.8 Å². The molecular formula is C24H34N4O3. The summed E-state index contributed by atoms with van der Waals surface area (Å²) in [7, 11) is 0. The Kier molecular flexibility index (Phi) is 5.79. The van der Waals surface area contributed by atoms with E-state index in [0.717, 1.165) is 37.0 Å². The molecule has 4 rings (SSSR count). The molecule has 3 aliphatic rings. The van der Waals surface area contributed by atoms with Crippen LogP contribution >= 0.6 is 0 Å². The van der Waals surface area contributed by atoms with Crippen LogP contribution < -0.4 is 10.8 Å². The number of pyridine rings is 1. The first-order valence-electron chi connectivity index (χ1n) is 11.6. The van der Waals surface area contributed by atoms with Crippen LogP contribution in [0.3, 0.4) is 0 Å². The van der Waals surface area contributed by atoms with Crippen LogP contribution in [0.2, 0.25) is 0 Å². The van der Waals surface area contributed by atoms with Gasteiger partial charge in [0, 0.05) is 6.20 Å². The highest BCUT2D eigenvalue weighted by molar-refractivity contribution is 6.09. The van der Waals surface area contributed by atoms with Crippen molar-refractivity contribution in [2.24, 2.45) is 16.3 Å². The molecule has 2 aliphatic carbocycles. The maximum atomic E-state index is 13.4. The van der Waals surface area contributed by atoms with Crippen molar-refractivity contribution < 1.29 is 14.4 Å². The monoisotopic (exact) mass is 426 g/mol. The highest BCUT2D eigenvalue weighted by Gasteiger charge is 2.56. The lowest BCUT2D eigenvalue weighted by Gasteiger charge is -2.43. The number of imide groups is 1. The molecule has 0 aromatic carbocycles. The molecule has 31 heavy (non-hydrogen) atoms. The fourth-order valence-corrected chi connectivity index (χ4v) is 6.01. The lowest BCUT2D eigenvalue weighted by atomic mass is 9.64. The minimum Gasteiger partial charge on any atom is -0.323 e. The lowest BCUT2D eigenvalue weighted by Crippen LogP contribution is -2.54. The van der Waals surface area contributed by atoms with Gasteiger partial charge in [-0.1, -0.05) is 46.1 Å². The van der Waals surface area contributed by atoms with Gasteiger partial charge in [-0.3, -0.25) is 24.0 Å². The molecule has 3 amide bonds. The Balaban J connectivity index is 1.55. The first-order chi connectivity index (χ1) is 14.7. The number of hydrogen-bond donors (Lipinski definition) is 1. The van der Waals surface area contributed by atoms with Crippen molar-refractivity contribution in [3.8, 4) is 0 Å². The molecule has 7 heteroatoms. The second kappa shape index (κ2) is 8.24. The Morgan fingerprint density at radius 2 is 1.90 bits per heavy atom. The van der Waals surface area contributed by atoms with Gasteiger partial charge in [-0.2, -0.15) is 0 Å². The van der Waals surface area contributed by atoms with Gasteiger partial charge >= 0.3 is 6.03 Å². The Labute approximate surface area is 183 Å². The van der Waals surface area contributed by atoms with Gasteiger partial charge in [0.2, 0.25) is 0 Å². The van der Waals surface area contributed by atoms with E-state index in [-0.39, 0.29) is 29.8 Å². The molecule has 7 nitrogen and oxygen atoms in total. The Hall–Kier alpha value is -2.44. The highest BCUT2D eigenvalue weighted by atomic mass is 16.2. The molecule has 0 bridgehead atoms. The van der Waals surface area contributed by atoms with Gasteiger partial charge < -0.3 is 5.32 Å². The summed E-state index contributed by atoms with van der Waals surface area (Å²) in [6, 6.07) is 5.22. The summed E-state index contributed by atoms with van der Waals surface area (Å²) in [5.74, 6) is -0.264. The number of nitrogens with one attached hydrogen (secondary N) is 1. The van der Waals surface area contributed by atoms with Gasteiger partial charge in [-0.15, -0.1) is 0 Å². The van der Waals surface area contributed by atoms with Crippen LogP contribution in [-0.2, 0) is 4.79 Å². The number of rotatable bonds is 3. The van der Waals surface area contributed by atoms with Crippen molar-refractivity contribution in [1.82, 2.24) is 14.8 Å². The molecule has 3 fully saturated rings. The molecule has 2 unspecified atom stereocenters. The van der Waals surface area contributed by atoms with E-state index < -0.39 is 11.6 Å². The molecule has 1 aliphatic heterocycles. The fourth-order valence-electron chi connectivity index (χ4n) is 6.01. The standard InChI is InChI=1S/C24H34N4O3/c1-17-13-23(2,3)16-24(14-17)21(30)28(22(31)26-24)15-20(29)27-12-8-7-11-19(27)25-18-9-5-4-6-10-18/h7-8,11-12,17-18H,4-6,9-10,13-16H2,1-3H3,(H,26,31). The topological polar surface area (TPSA) is 83.8 Å². The summed E-state index contributed by atoms with van der Waals surface area (Å²) in [6.07, 6.45) is 9.53. The highest BCUT2D eigenvalue weighted by Crippen LogP contribution is 2.46. The summed E-state index contributed by atoms with van der Waals surface area (Å²) in [4.78, 5) is 45.2. The third-order valence-electron chi connectivity index (χ3n) is 6.91. The van der Waals surface area contributed by atoms with Gasteiger partial charge in [0.25, 0.3) is 11.8 Å². The molecule has 2 atom stereocenters. The van der Waals surface area contributed by atoms with E-state index in [2.05, 4.69) is 26.1 Å². The molecule has 1 saturated heterocycles. The first kappa shape index (κ1) is 21.8. The first-order valence-corrected chi connectivity index (χ1v) is 11.6. The van der Waals surface area contributed by atoms with E-state index in [1.165, 1.54) is 11.0 Å². The maximum absolute atomic E-state index is 13.4. The Bertz CT molecular complexity index is 944. The van der Waals surface area contributed by atoms with Crippen LogP contribution in [0.5, 0.6) is 0 Å². The van der Waals surface area contributed by atoms with E-state index in [1.54, 1.807) is 12.3 Å². The van der Waals surface area contributed by atoms with Crippen LogP contribution in [0.25, 0.3) is 0 Å². The predicted octanol–water partition coefficient (Wildman–Crippen LogP) is 3.50. The van der Waals surface area contributed by atoms with E-state index in [4.69, 9.17) is 4.99 Å². The number of nitrogens with zero attached hydrogens (tertiary/aromatic N) is 3. The van der Waals surface area contributed by atoms with Gasteiger partial charge in [0.1, 0.15) is 17.6 Å². The summed E-state index contributed by atoms with van der Waals surface area (Å²) in [6.45, 7) is 6.12. The van der Waals surface area contributed by atoms with Crippen LogP contribution in [0.4, 0.5) is 4.79 Å². The van der Waals surface area contributed by atoms with Crippen molar-refractivity contribution in [2.75, 3.05) is 6.54 Å². The zero-order valence-corrected chi connectivity index (χ0v) is 18.9. The van der Waals surface area contributed by atoms with Crippen LogP contribution in [-0.4, -0.2) is 45.4 Å². The maximum Gasteiger partial charge on any atom is 0.325 e. The zero-order chi connectivity index (χ0) is 22.2. The smallest absolute Gasteiger partial charge is 0.323 e. The summed E-state index contributed by atoms with van der Waals surface area (Å²) < 4.78 is 1.48. The molecule has 0 radical (unpaired) electrons. The van der Waals surface area contributed by atoms with Crippen molar-refractivity contribution in [3.63, 3.8) is 0 Å². The molecular weight excluding hydrogens is 392 g/mol. The minimum atomic E-state index is -0.894. The number of hydrogen-bond acceptors (Lipinski definition) is 4. The molecule has 168 valence electrons. The van der Waals surface area contributed by atoms with Crippen LogP contribution in [0, 0.1) is 11.3 Å². The van der Waals surface area contributed by atoms with Gasteiger partial charge in [-0.25, -0.2) is 4.79 Å². The largest absolute Gasteiger partial charge is 0.325 e. The minimum absolute atomic E-state index is 0.0408. The zero-order valence-electron chi connectivity index (χ0n) is 18.9. The van der Waals surface area contributed by atoms with E-state index in [0.29, 0.717) is 24.2 Å². The van der Waals surface area contributed by atoms with Crippen LogP contribution in [0.15, 0.2) is 29.4 Å². The lowest BCUT2D eigenvalue weighted by molar-refractivity contribution is -0.134. The molecule has 2 heterocycles. The molecule has 1 spiro atoms. The Morgan fingerprint density at radius 3 is 2.61 bits per heavy atom. The average molecular weight is 427 g/mol. The number of amides is 3. The van der Waals surface area contributed by atoms with Crippen molar-refractivity contribution in [1.29, 1.82) is 0 Å². The van der Waals surface area contributed by atoms with Crippen molar-refractivity contribution in [3.05, 3.63) is 29.9 Å². The van der Waals surface area contributed by atoms with Gasteiger partial charge in [0.15, 0.2) is 0 Å². The second-order valence-electron chi connectivity index (χ2n) is 10.5. The summed E-state index contributed by atoms with van der Waals surface area (Å²) in [5, 5.41) is 2.94. The second-order valence-corrected chi connectivity index (χ2v) is 10.5. The SMILES string of the molecule is CC1CC(C)(C)CC2(C1)NC(=O)N(CC(=O)n1ccccc1=NC1CCCCC1)C2=O. The number of carbonyl (C=O) groups is 3. The molecule has 2 saturated carbocycles. The van der Waals surface area contributed by atoms with Gasteiger partial charge in [-0.05, 0) is 55.6 Å². The Morgan fingerprint density at radius 1 is 1.16 bits per heavy atom. The normalized spacial score (nSPS) is 29.5. The van der Waals surface area contributed by atoms with E-state index in [1.807, 2.05) is 12.1 Å². The fraction of sp³-hybridized carbons (Fsp3) is 0.667. The number of urea groups is 1. The number of carbonyl (C=O) groups excluding carboxylic acids is 3. The molecule has 1 N–H and O–H groups in total. The third-order valence-corrected chi connectivity index (χ3v) is 6.91. The van der Waals surface area contributed by atoms with Crippen molar-refractivity contribution in [2.45, 2.75) is 83.7 Å².